The summed E-state index contributed by atoms with van der Waals surface area (Å²) < 4.78 is 6.18. The molecule has 0 spiro atoms. The third-order valence-corrected chi connectivity index (χ3v) is 4.51. The van der Waals surface area contributed by atoms with E-state index in [1.165, 1.54) is 11.3 Å². The van der Waals surface area contributed by atoms with Gasteiger partial charge in [-0.2, -0.15) is 0 Å². The molecule has 1 aromatic heterocycles. The summed E-state index contributed by atoms with van der Waals surface area (Å²) in [5.41, 5.74) is 1.13. The van der Waals surface area contributed by atoms with Crippen LogP contribution in [0.3, 0.4) is 0 Å². The number of ketones is 1. The van der Waals surface area contributed by atoms with E-state index in [0.29, 0.717) is 6.54 Å². The Balaban J connectivity index is 1.94. The normalized spacial score (nSPS) is 10.8. The third-order valence-electron chi connectivity index (χ3n) is 2.85. The Kier molecular flexibility index (Phi) is 5.34. The fourth-order valence-corrected chi connectivity index (χ4v) is 3.24. The molecule has 20 heavy (non-hydrogen) atoms. The van der Waals surface area contributed by atoms with Crippen molar-refractivity contribution in [3.63, 3.8) is 0 Å². The Labute approximate surface area is 131 Å². The molecule has 0 saturated heterocycles. The zero-order valence-corrected chi connectivity index (χ0v) is 13.8. The van der Waals surface area contributed by atoms with Crippen molar-refractivity contribution in [3.05, 3.63) is 50.6 Å². The first kappa shape index (κ1) is 15.2. The Hall–Kier alpha value is -1.17. The molecule has 106 valence electrons. The molecule has 1 aromatic carbocycles. The van der Waals surface area contributed by atoms with Crippen LogP contribution in [0.2, 0.25) is 0 Å². The van der Waals surface area contributed by atoms with Crippen molar-refractivity contribution < 1.29 is 9.53 Å². The van der Waals surface area contributed by atoms with Gasteiger partial charge < -0.3 is 4.74 Å². The lowest BCUT2D eigenvalue weighted by Gasteiger charge is -2.15. The van der Waals surface area contributed by atoms with Gasteiger partial charge in [-0.05, 0) is 52.8 Å². The maximum Gasteiger partial charge on any atom is 0.186 e. The summed E-state index contributed by atoms with van der Waals surface area (Å²) in [6.45, 7) is 1.12. The lowest BCUT2D eigenvalue weighted by Crippen LogP contribution is -2.25. The molecule has 0 N–H and O–H groups in total. The predicted octanol–water partition coefficient (Wildman–Crippen LogP) is 3.83. The van der Waals surface area contributed by atoms with Crippen LogP contribution in [0.25, 0.3) is 0 Å². The molecule has 0 aliphatic carbocycles. The number of thiophene rings is 1. The van der Waals surface area contributed by atoms with Crippen LogP contribution < -0.4 is 4.74 Å². The summed E-state index contributed by atoms with van der Waals surface area (Å²) in [6, 6.07) is 11.7. The van der Waals surface area contributed by atoms with Crippen LogP contribution in [0.5, 0.6) is 5.75 Å². The average Bonchev–Trinajstić information content (AvgIpc) is 2.85. The molecule has 0 fully saturated rings. The average molecular weight is 354 g/mol. The van der Waals surface area contributed by atoms with Gasteiger partial charge in [-0.1, -0.05) is 12.1 Å². The van der Waals surface area contributed by atoms with Crippen molar-refractivity contribution in [1.82, 2.24) is 4.90 Å². The molecule has 0 amide bonds. The van der Waals surface area contributed by atoms with Gasteiger partial charge in [-0.15, -0.1) is 11.3 Å². The highest BCUT2D eigenvalue weighted by Gasteiger charge is 2.12. The Morgan fingerprint density at radius 1 is 1.35 bits per heavy atom. The van der Waals surface area contributed by atoms with E-state index in [1.54, 1.807) is 7.11 Å². The molecule has 5 heteroatoms. The second kappa shape index (κ2) is 7.02. The van der Waals surface area contributed by atoms with Crippen molar-refractivity contribution in [2.45, 2.75) is 6.54 Å². The molecule has 2 rings (SSSR count). The number of benzene rings is 1. The van der Waals surface area contributed by atoms with E-state index in [4.69, 9.17) is 4.74 Å². The lowest BCUT2D eigenvalue weighted by atomic mass is 10.2. The van der Waals surface area contributed by atoms with Crippen LogP contribution in [0.15, 0.2) is 40.2 Å². The highest BCUT2D eigenvalue weighted by molar-refractivity contribution is 9.11. The summed E-state index contributed by atoms with van der Waals surface area (Å²) in [7, 11) is 3.60. The van der Waals surface area contributed by atoms with Gasteiger partial charge in [-0.25, -0.2) is 0 Å². The zero-order valence-electron chi connectivity index (χ0n) is 11.4. The van der Waals surface area contributed by atoms with Crippen LogP contribution >= 0.6 is 27.3 Å². The molecular weight excluding hydrogens is 338 g/mol. The van der Waals surface area contributed by atoms with E-state index >= 15 is 0 Å². The molecule has 0 aliphatic heterocycles. The lowest BCUT2D eigenvalue weighted by molar-refractivity contribution is 0.0947. The number of Topliss-reactive ketones (excluding diaryl/α,β-unsaturated/α-hetero) is 1. The summed E-state index contributed by atoms with van der Waals surface area (Å²) >= 11 is 4.85. The van der Waals surface area contributed by atoms with Crippen molar-refractivity contribution in [3.8, 4) is 5.75 Å². The minimum atomic E-state index is 0.145. The summed E-state index contributed by atoms with van der Waals surface area (Å²) in [6.07, 6.45) is 0. The first-order valence-corrected chi connectivity index (χ1v) is 7.79. The molecule has 0 aliphatic rings. The van der Waals surface area contributed by atoms with Gasteiger partial charge in [0.05, 0.1) is 22.3 Å². The molecule has 0 bridgehead atoms. The minimum absolute atomic E-state index is 0.145. The quantitative estimate of drug-likeness (QED) is 0.739. The van der Waals surface area contributed by atoms with Gasteiger partial charge in [0.1, 0.15) is 5.75 Å². The smallest absolute Gasteiger partial charge is 0.186 e. The van der Waals surface area contributed by atoms with E-state index in [1.807, 2.05) is 48.3 Å². The number of carbonyl (C=O) groups excluding carboxylic acids is 1. The van der Waals surface area contributed by atoms with Crippen LogP contribution in [0.4, 0.5) is 0 Å². The topological polar surface area (TPSA) is 29.5 Å². The summed E-state index contributed by atoms with van der Waals surface area (Å²) in [5, 5.41) is 0. The third kappa shape index (κ3) is 4.16. The van der Waals surface area contributed by atoms with E-state index in [2.05, 4.69) is 15.9 Å². The van der Waals surface area contributed by atoms with E-state index in [-0.39, 0.29) is 5.78 Å². The largest absolute Gasteiger partial charge is 0.497 e. The minimum Gasteiger partial charge on any atom is -0.497 e. The summed E-state index contributed by atoms with van der Waals surface area (Å²) in [4.78, 5) is 14.9. The molecule has 1 heterocycles. The second-order valence-electron chi connectivity index (χ2n) is 4.55. The van der Waals surface area contributed by atoms with Crippen LogP contribution in [-0.4, -0.2) is 31.4 Å². The van der Waals surface area contributed by atoms with E-state index < -0.39 is 0 Å². The number of hydrogen-bond donors (Lipinski definition) is 0. The number of halogens is 1. The number of hydrogen-bond acceptors (Lipinski definition) is 4. The highest BCUT2D eigenvalue weighted by Crippen LogP contribution is 2.22. The fraction of sp³-hybridized carbons (Fsp3) is 0.267. The van der Waals surface area contributed by atoms with Crippen molar-refractivity contribution in [2.24, 2.45) is 0 Å². The summed E-state index contributed by atoms with van der Waals surface area (Å²) in [5.74, 6) is 0.982. The van der Waals surface area contributed by atoms with Crippen molar-refractivity contribution >= 4 is 33.0 Å². The standard InChI is InChI=1S/C15H16BrNO2S/c1-17(9-11-4-3-5-12(8-11)19-2)10-13(18)14-6-7-15(16)20-14/h3-8H,9-10H2,1-2H3. The first-order valence-electron chi connectivity index (χ1n) is 6.18. The van der Waals surface area contributed by atoms with Gasteiger partial charge in [0.15, 0.2) is 5.78 Å². The predicted molar refractivity (Wildman–Crippen MR) is 85.7 cm³/mol. The van der Waals surface area contributed by atoms with Gasteiger partial charge in [0.2, 0.25) is 0 Å². The van der Waals surface area contributed by atoms with Crippen LogP contribution in [-0.2, 0) is 6.54 Å². The van der Waals surface area contributed by atoms with Crippen molar-refractivity contribution in [2.75, 3.05) is 20.7 Å². The Morgan fingerprint density at radius 3 is 2.80 bits per heavy atom. The van der Waals surface area contributed by atoms with E-state index in [0.717, 1.165) is 26.5 Å². The number of rotatable bonds is 6. The maximum atomic E-state index is 12.1. The molecule has 0 atom stereocenters. The Bertz CT molecular complexity index is 597. The maximum absolute atomic E-state index is 12.1. The number of carbonyl (C=O) groups is 1. The first-order chi connectivity index (χ1) is 9.58. The fourth-order valence-electron chi connectivity index (χ4n) is 1.93. The second-order valence-corrected chi connectivity index (χ2v) is 7.01. The monoisotopic (exact) mass is 353 g/mol. The van der Waals surface area contributed by atoms with E-state index in [9.17, 15) is 4.79 Å². The molecule has 2 aromatic rings. The molecular formula is C15H16BrNO2S. The number of ether oxygens (including phenoxy) is 1. The van der Waals surface area contributed by atoms with Crippen LogP contribution in [0, 0.1) is 0 Å². The SMILES string of the molecule is COc1cccc(CN(C)CC(=O)c2ccc(Br)s2)c1. The van der Waals surface area contributed by atoms with Gasteiger partial charge >= 0.3 is 0 Å². The van der Waals surface area contributed by atoms with Gasteiger partial charge in [-0.3, -0.25) is 9.69 Å². The highest BCUT2D eigenvalue weighted by atomic mass is 79.9. The molecule has 0 radical (unpaired) electrons. The number of nitrogens with zero attached hydrogens (tertiary/aromatic N) is 1. The Morgan fingerprint density at radius 2 is 2.15 bits per heavy atom. The zero-order chi connectivity index (χ0) is 14.5. The van der Waals surface area contributed by atoms with Gasteiger partial charge in [0.25, 0.3) is 0 Å². The van der Waals surface area contributed by atoms with Crippen molar-refractivity contribution in [1.29, 1.82) is 0 Å². The number of likely N-dealkylation sites (N-methyl/N-ethyl adjacent to an activating group) is 1. The van der Waals surface area contributed by atoms with Crippen LogP contribution in [0.1, 0.15) is 15.2 Å². The molecule has 3 nitrogen and oxygen atoms in total. The number of methoxy groups -OCH3 is 1. The molecule has 0 unspecified atom stereocenters. The van der Waals surface area contributed by atoms with Gasteiger partial charge in [0, 0.05) is 6.54 Å². The molecule has 0 saturated carbocycles.